The van der Waals surface area contributed by atoms with Crippen LogP contribution >= 0.6 is 11.8 Å². The number of benzene rings is 1. The van der Waals surface area contributed by atoms with Gasteiger partial charge in [-0.3, -0.25) is 4.90 Å². The molecule has 1 aliphatic heterocycles. The molecule has 0 spiro atoms. The summed E-state index contributed by atoms with van der Waals surface area (Å²) >= 11 is 2.08. The molecular formula is C18H28N2S. The van der Waals surface area contributed by atoms with E-state index in [0.29, 0.717) is 10.8 Å². The van der Waals surface area contributed by atoms with Crippen molar-refractivity contribution in [3.05, 3.63) is 35.9 Å². The Hall–Kier alpha value is -0.510. The maximum Gasteiger partial charge on any atom is 0.0535 e. The van der Waals surface area contributed by atoms with Gasteiger partial charge in [0.1, 0.15) is 0 Å². The van der Waals surface area contributed by atoms with E-state index in [1.54, 1.807) is 0 Å². The largest absolute Gasteiger partial charge is 0.305 e. The van der Waals surface area contributed by atoms with E-state index >= 15 is 0 Å². The van der Waals surface area contributed by atoms with Crippen LogP contribution in [0.2, 0.25) is 0 Å². The van der Waals surface area contributed by atoms with Crippen LogP contribution in [0.25, 0.3) is 0 Å². The van der Waals surface area contributed by atoms with Crippen molar-refractivity contribution in [3.63, 3.8) is 0 Å². The van der Waals surface area contributed by atoms with Crippen LogP contribution in [0.15, 0.2) is 30.3 Å². The molecule has 0 aromatic heterocycles. The maximum absolute atomic E-state index is 3.82. The molecule has 0 radical (unpaired) electrons. The van der Waals surface area contributed by atoms with Gasteiger partial charge in [-0.1, -0.05) is 37.3 Å². The zero-order valence-corrected chi connectivity index (χ0v) is 14.4. The highest BCUT2D eigenvalue weighted by molar-refractivity contribution is 8.00. The van der Waals surface area contributed by atoms with Crippen LogP contribution in [0.3, 0.4) is 0 Å². The van der Waals surface area contributed by atoms with Crippen LogP contribution in [0.1, 0.15) is 38.7 Å². The second kappa shape index (κ2) is 5.94. The summed E-state index contributed by atoms with van der Waals surface area (Å²) in [6.07, 6.45) is 6.32. The van der Waals surface area contributed by atoms with Crippen molar-refractivity contribution in [3.8, 4) is 0 Å². The summed E-state index contributed by atoms with van der Waals surface area (Å²) in [5, 5.41) is 3.82. The molecule has 116 valence electrons. The molecule has 1 aliphatic carbocycles. The number of nitrogens with one attached hydrogen (secondary N) is 1. The average Bonchev–Trinajstić information content (AvgIpc) is 3.29. The van der Waals surface area contributed by atoms with Crippen LogP contribution in [0, 0.1) is 0 Å². The SMILES string of the molecule is CCC1CNC(C)(c2ccccc2)CN1CC1(SC)CC1. The third-order valence-electron chi connectivity index (χ3n) is 5.38. The molecule has 21 heavy (non-hydrogen) atoms. The quantitative estimate of drug-likeness (QED) is 0.896. The summed E-state index contributed by atoms with van der Waals surface area (Å²) in [5.41, 5.74) is 1.50. The fraction of sp³-hybridized carbons (Fsp3) is 0.667. The third kappa shape index (κ3) is 3.15. The monoisotopic (exact) mass is 304 g/mol. The molecule has 1 aromatic rings. The average molecular weight is 305 g/mol. The van der Waals surface area contributed by atoms with Crippen LogP contribution in [0.5, 0.6) is 0 Å². The Kier molecular flexibility index (Phi) is 4.35. The van der Waals surface area contributed by atoms with E-state index in [1.165, 1.54) is 31.4 Å². The van der Waals surface area contributed by atoms with Gasteiger partial charge in [-0.2, -0.15) is 11.8 Å². The van der Waals surface area contributed by atoms with Crippen molar-refractivity contribution in [1.29, 1.82) is 0 Å². The molecule has 3 heteroatoms. The minimum Gasteiger partial charge on any atom is -0.305 e. The summed E-state index contributed by atoms with van der Waals surface area (Å²) in [6, 6.07) is 11.6. The smallest absolute Gasteiger partial charge is 0.0535 e. The number of nitrogens with zero attached hydrogens (tertiary/aromatic N) is 1. The van der Waals surface area contributed by atoms with E-state index < -0.39 is 0 Å². The summed E-state index contributed by atoms with van der Waals surface area (Å²) < 4.78 is 0.558. The first-order valence-electron chi connectivity index (χ1n) is 8.21. The van der Waals surface area contributed by atoms with Crippen LogP contribution in [0.4, 0.5) is 0 Å². The summed E-state index contributed by atoms with van der Waals surface area (Å²) in [7, 11) is 0. The Morgan fingerprint density at radius 1 is 1.29 bits per heavy atom. The molecule has 3 rings (SSSR count). The fourth-order valence-electron chi connectivity index (χ4n) is 3.59. The Morgan fingerprint density at radius 3 is 2.57 bits per heavy atom. The van der Waals surface area contributed by atoms with E-state index in [0.717, 1.165) is 13.1 Å². The number of thioether (sulfide) groups is 1. The molecule has 1 aromatic carbocycles. The number of rotatable bonds is 5. The van der Waals surface area contributed by atoms with E-state index in [-0.39, 0.29) is 5.54 Å². The number of hydrogen-bond acceptors (Lipinski definition) is 3. The van der Waals surface area contributed by atoms with Crippen molar-refractivity contribution in [2.45, 2.75) is 49.4 Å². The Bertz CT molecular complexity index is 471. The molecular weight excluding hydrogens is 276 g/mol. The molecule has 0 amide bonds. The lowest BCUT2D eigenvalue weighted by molar-refractivity contribution is 0.0819. The van der Waals surface area contributed by atoms with Gasteiger partial charge in [0, 0.05) is 30.4 Å². The normalized spacial score (nSPS) is 32.0. The van der Waals surface area contributed by atoms with Crippen molar-refractivity contribution in [2.75, 3.05) is 25.9 Å². The third-order valence-corrected chi connectivity index (χ3v) is 6.78. The molecule has 2 aliphatic rings. The van der Waals surface area contributed by atoms with Gasteiger partial charge < -0.3 is 5.32 Å². The van der Waals surface area contributed by atoms with Crippen LogP contribution in [-0.2, 0) is 5.54 Å². The van der Waals surface area contributed by atoms with Gasteiger partial charge in [-0.15, -0.1) is 0 Å². The van der Waals surface area contributed by atoms with E-state index in [9.17, 15) is 0 Å². The zero-order valence-electron chi connectivity index (χ0n) is 13.6. The predicted octanol–water partition coefficient (Wildman–Crippen LogP) is 3.48. The van der Waals surface area contributed by atoms with Crippen LogP contribution in [-0.4, -0.2) is 41.6 Å². The molecule has 0 bridgehead atoms. The summed E-state index contributed by atoms with van der Waals surface area (Å²) in [4.78, 5) is 2.76. The Labute approximate surface area is 133 Å². The highest BCUT2D eigenvalue weighted by atomic mass is 32.2. The van der Waals surface area contributed by atoms with Gasteiger partial charge in [-0.05, 0) is 38.0 Å². The molecule has 1 saturated heterocycles. The molecule has 1 N–H and O–H groups in total. The lowest BCUT2D eigenvalue weighted by Crippen LogP contribution is -2.62. The fourth-order valence-corrected chi connectivity index (χ4v) is 4.39. The van der Waals surface area contributed by atoms with Crippen molar-refractivity contribution in [2.24, 2.45) is 0 Å². The number of piperazine rings is 1. The molecule has 2 unspecified atom stereocenters. The Balaban J connectivity index is 1.77. The number of hydrogen-bond donors (Lipinski definition) is 1. The maximum atomic E-state index is 3.82. The zero-order chi connectivity index (χ0) is 14.9. The molecule has 2 atom stereocenters. The highest BCUT2D eigenvalue weighted by Gasteiger charge is 2.46. The topological polar surface area (TPSA) is 15.3 Å². The summed E-state index contributed by atoms with van der Waals surface area (Å²) in [5.74, 6) is 0. The molecule has 2 nitrogen and oxygen atoms in total. The van der Waals surface area contributed by atoms with Crippen molar-refractivity contribution < 1.29 is 0 Å². The second-order valence-corrected chi connectivity index (χ2v) is 8.21. The molecule has 1 heterocycles. The lowest BCUT2D eigenvalue weighted by Gasteiger charge is -2.47. The van der Waals surface area contributed by atoms with Crippen LogP contribution < -0.4 is 5.32 Å². The first kappa shape index (κ1) is 15.4. The second-order valence-electron chi connectivity index (χ2n) is 6.93. The Morgan fingerprint density at radius 2 is 2.00 bits per heavy atom. The van der Waals surface area contributed by atoms with E-state index in [1.807, 2.05) is 0 Å². The molecule has 1 saturated carbocycles. The first-order valence-corrected chi connectivity index (χ1v) is 9.43. The minimum atomic E-state index is 0.0847. The van der Waals surface area contributed by atoms with E-state index in [2.05, 4.69) is 72.4 Å². The van der Waals surface area contributed by atoms with E-state index in [4.69, 9.17) is 0 Å². The van der Waals surface area contributed by atoms with Gasteiger partial charge >= 0.3 is 0 Å². The van der Waals surface area contributed by atoms with Crippen molar-refractivity contribution >= 4 is 11.8 Å². The van der Waals surface area contributed by atoms with Gasteiger partial charge in [0.05, 0.1) is 5.54 Å². The van der Waals surface area contributed by atoms with Gasteiger partial charge in [0.2, 0.25) is 0 Å². The van der Waals surface area contributed by atoms with Crippen molar-refractivity contribution in [1.82, 2.24) is 10.2 Å². The summed E-state index contributed by atoms with van der Waals surface area (Å²) in [6.45, 7) is 8.17. The minimum absolute atomic E-state index is 0.0847. The highest BCUT2D eigenvalue weighted by Crippen LogP contribution is 2.48. The van der Waals surface area contributed by atoms with Gasteiger partial charge in [0.15, 0.2) is 0 Å². The lowest BCUT2D eigenvalue weighted by atomic mass is 9.87. The predicted molar refractivity (Wildman–Crippen MR) is 92.9 cm³/mol. The molecule has 2 fully saturated rings. The first-order chi connectivity index (χ1) is 10.1. The standard InChI is InChI=1S/C18H28N2S/c1-4-16-12-19-17(2,15-8-6-5-7-9-15)13-20(16)14-18(21-3)10-11-18/h5-9,16,19H,4,10-14H2,1-3H3. The van der Waals surface area contributed by atoms with Gasteiger partial charge in [0.25, 0.3) is 0 Å². The van der Waals surface area contributed by atoms with Gasteiger partial charge in [-0.25, -0.2) is 0 Å².